The average molecular weight is 340 g/mol. The van der Waals surface area contributed by atoms with Crippen molar-refractivity contribution in [3.8, 4) is 15.5 Å². The lowest BCUT2D eigenvalue weighted by Gasteiger charge is -2.06. The van der Waals surface area contributed by atoms with Gasteiger partial charge < -0.3 is 4.74 Å². The Morgan fingerprint density at radius 2 is 1.96 bits per heavy atom. The third-order valence-electron chi connectivity index (χ3n) is 3.24. The molecule has 0 bridgehead atoms. The van der Waals surface area contributed by atoms with Gasteiger partial charge in [-0.3, -0.25) is 4.79 Å². The number of para-hydroxylation sites is 1. The molecule has 0 aliphatic rings. The van der Waals surface area contributed by atoms with E-state index in [1.54, 1.807) is 34.8 Å². The van der Waals surface area contributed by atoms with Crippen molar-refractivity contribution in [2.45, 2.75) is 6.92 Å². The molecule has 116 valence electrons. The van der Waals surface area contributed by atoms with Crippen LogP contribution in [-0.4, -0.2) is 12.4 Å². The molecule has 3 rings (SSSR count). The number of benzene rings is 1. The summed E-state index contributed by atoms with van der Waals surface area (Å²) in [4.78, 5) is 15.9. The maximum Gasteiger partial charge on any atom is 0.189 e. The van der Waals surface area contributed by atoms with Crippen LogP contribution in [0.5, 0.6) is 5.75 Å². The summed E-state index contributed by atoms with van der Waals surface area (Å²) >= 11 is 3.40. The Hall–Kier alpha value is -2.17. The molecule has 0 radical (unpaired) electrons. The first-order chi connectivity index (χ1) is 11.3. The van der Waals surface area contributed by atoms with Crippen LogP contribution >= 0.6 is 22.7 Å². The normalized spacial score (nSPS) is 11.0. The second kappa shape index (κ2) is 7.40. The van der Waals surface area contributed by atoms with Crippen LogP contribution in [0.1, 0.15) is 22.2 Å². The largest absolute Gasteiger partial charge is 0.493 e. The van der Waals surface area contributed by atoms with Gasteiger partial charge in [-0.15, -0.1) is 22.7 Å². The highest BCUT2D eigenvalue weighted by Gasteiger charge is 2.09. The molecule has 0 fully saturated rings. The smallest absolute Gasteiger partial charge is 0.189 e. The molecule has 4 heteroatoms. The van der Waals surface area contributed by atoms with Crippen molar-refractivity contribution in [2.24, 2.45) is 0 Å². The zero-order chi connectivity index (χ0) is 16.1. The maximum absolute atomic E-state index is 12.4. The van der Waals surface area contributed by atoms with E-state index in [9.17, 15) is 4.79 Å². The molecule has 2 aromatic heterocycles. The molecule has 0 atom stereocenters. The van der Waals surface area contributed by atoms with Crippen LogP contribution in [-0.2, 0) is 0 Å². The van der Waals surface area contributed by atoms with Crippen molar-refractivity contribution in [1.82, 2.24) is 0 Å². The Kier molecular flexibility index (Phi) is 5.05. The second-order valence-electron chi connectivity index (χ2n) is 4.81. The zero-order valence-corrected chi connectivity index (χ0v) is 14.3. The lowest BCUT2D eigenvalue weighted by molar-refractivity contribution is 0.104. The lowest BCUT2D eigenvalue weighted by atomic mass is 10.1. The minimum absolute atomic E-state index is 0.0416. The van der Waals surface area contributed by atoms with Crippen LogP contribution in [0.3, 0.4) is 0 Å². The lowest BCUT2D eigenvalue weighted by Crippen LogP contribution is -2.01. The van der Waals surface area contributed by atoms with Crippen LogP contribution in [0.2, 0.25) is 0 Å². The van der Waals surface area contributed by atoms with Crippen molar-refractivity contribution in [2.75, 3.05) is 6.61 Å². The van der Waals surface area contributed by atoms with E-state index in [0.29, 0.717) is 17.9 Å². The van der Waals surface area contributed by atoms with Gasteiger partial charge in [0.1, 0.15) is 5.75 Å². The van der Waals surface area contributed by atoms with Crippen molar-refractivity contribution in [3.05, 3.63) is 70.4 Å². The number of hydrogen-bond donors (Lipinski definition) is 0. The standard InChI is InChI=1S/C19H16O2S2/c1-2-21-17-7-4-3-6-15(17)16(20)11-9-14-10-12-19(23-14)18-8-5-13-22-18/h3-13H,2H2,1H3/b11-9+. The van der Waals surface area contributed by atoms with E-state index in [4.69, 9.17) is 4.74 Å². The second-order valence-corrected chi connectivity index (χ2v) is 6.87. The quantitative estimate of drug-likeness (QED) is 0.420. The SMILES string of the molecule is CCOc1ccccc1C(=O)/C=C/c1ccc(-c2cccs2)s1. The van der Waals surface area contributed by atoms with E-state index in [0.717, 1.165) is 4.88 Å². The summed E-state index contributed by atoms with van der Waals surface area (Å²) in [7, 11) is 0. The predicted octanol–water partition coefficient (Wildman–Crippen LogP) is 5.77. The first-order valence-electron chi connectivity index (χ1n) is 7.36. The van der Waals surface area contributed by atoms with Crippen LogP contribution in [0.25, 0.3) is 15.8 Å². The van der Waals surface area contributed by atoms with Crippen molar-refractivity contribution in [1.29, 1.82) is 0 Å². The van der Waals surface area contributed by atoms with E-state index in [2.05, 4.69) is 17.5 Å². The summed E-state index contributed by atoms with van der Waals surface area (Å²) in [5, 5.41) is 2.07. The van der Waals surface area contributed by atoms with Gasteiger partial charge >= 0.3 is 0 Å². The fraction of sp³-hybridized carbons (Fsp3) is 0.105. The average Bonchev–Trinajstić information content (AvgIpc) is 3.24. The molecule has 0 aliphatic carbocycles. The summed E-state index contributed by atoms with van der Waals surface area (Å²) in [6, 6.07) is 15.6. The Labute approximate surface area is 143 Å². The van der Waals surface area contributed by atoms with E-state index in [-0.39, 0.29) is 5.78 Å². The third-order valence-corrected chi connectivity index (χ3v) is 5.36. The van der Waals surface area contributed by atoms with Gasteiger partial charge in [-0.25, -0.2) is 0 Å². The molecule has 0 saturated heterocycles. The molecule has 3 aromatic rings. The molecule has 0 aliphatic heterocycles. The number of thiophene rings is 2. The fourth-order valence-corrected chi connectivity index (χ4v) is 3.94. The summed E-state index contributed by atoms with van der Waals surface area (Å²) in [5.74, 6) is 0.593. The molecule has 1 aromatic carbocycles. The molecule has 0 amide bonds. The number of hydrogen-bond acceptors (Lipinski definition) is 4. The molecule has 0 saturated carbocycles. The Morgan fingerprint density at radius 3 is 2.74 bits per heavy atom. The summed E-state index contributed by atoms with van der Waals surface area (Å²) in [6.45, 7) is 2.46. The number of rotatable bonds is 6. The van der Waals surface area contributed by atoms with Gasteiger partial charge in [-0.2, -0.15) is 0 Å². The Morgan fingerprint density at radius 1 is 1.09 bits per heavy atom. The number of ketones is 1. The van der Waals surface area contributed by atoms with Gasteiger partial charge in [-0.1, -0.05) is 18.2 Å². The van der Waals surface area contributed by atoms with Gasteiger partial charge in [0.05, 0.1) is 12.2 Å². The first kappa shape index (κ1) is 15.7. The predicted molar refractivity (Wildman–Crippen MR) is 98.6 cm³/mol. The fourth-order valence-electron chi connectivity index (χ4n) is 2.19. The number of ether oxygens (including phenoxy) is 1. The monoisotopic (exact) mass is 340 g/mol. The molecule has 0 spiro atoms. The molecule has 0 N–H and O–H groups in total. The molecule has 2 heterocycles. The van der Waals surface area contributed by atoms with Crippen molar-refractivity contribution < 1.29 is 9.53 Å². The number of carbonyl (C=O) groups is 1. The molecule has 2 nitrogen and oxygen atoms in total. The summed E-state index contributed by atoms with van der Waals surface area (Å²) < 4.78 is 5.51. The highest BCUT2D eigenvalue weighted by Crippen LogP contribution is 2.32. The van der Waals surface area contributed by atoms with Gasteiger partial charge in [-0.05, 0) is 54.8 Å². The van der Waals surface area contributed by atoms with Gasteiger partial charge in [0.2, 0.25) is 0 Å². The van der Waals surface area contributed by atoms with Gasteiger partial charge in [0.25, 0.3) is 0 Å². The molecular weight excluding hydrogens is 324 g/mol. The Balaban J connectivity index is 1.77. The van der Waals surface area contributed by atoms with Crippen molar-refractivity contribution >= 4 is 34.5 Å². The highest BCUT2D eigenvalue weighted by molar-refractivity contribution is 7.21. The summed E-state index contributed by atoms with van der Waals surface area (Å²) in [5.41, 5.74) is 0.598. The minimum atomic E-state index is -0.0416. The Bertz CT molecular complexity index is 814. The molecular formula is C19H16O2S2. The van der Waals surface area contributed by atoms with Gasteiger partial charge in [0.15, 0.2) is 5.78 Å². The number of carbonyl (C=O) groups excluding carboxylic acids is 1. The van der Waals surface area contributed by atoms with Crippen LogP contribution < -0.4 is 4.74 Å². The molecule has 0 unspecified atom stereocenters. The van der Waals surface area contributed by atoms with E-state index < -0.39 is 0 Å². The van der Waals surface area contributed by atoms with Crippen molar-refractivity contribution in [3.63, 3.8) is 0 Å². The maximum atomic E-state index is 12.4. The van der Waals surface area contributed by atoms with Gasteiger partial charge in [0, 0.05) is 14.6 Å². The molecule has 23 heavy (non-hydrogen) atoms. The topological polar surface area (TPSA) is 26.3 Å². The van der Waals surface area contributed by atoms with E-state index in [1.165, 1.54) is 9.75 Å². The van der Waals surface area contributed by atoms with Crippen LogP contribution in [0.4, 0.5) is 0 Å². The van der Waals surface area contributed by atoms with E-state index in [1.807, 2.05) is 43.3 Å². The van der Waals surface area contributed by atoms with E-state index >= 15 is 0 Å². The summed E-state index contributed by atoms with van der Waals surface area (Å²) in [6.07, 6.45) is 3.48. The minimum Gasteiger partial charge on any atom is -0.493 e. The first-order valence-corrected chi connectivity index (χ1v) is 9.05. The number of allylic oxidation sites excluding steroid dienone is 1. The van der Waals surface area contributed by atoms with Crippen LogP contribution in [0, 0.1) is 0 Å². The zero-order valence-electron chi connectivity index (χ0n) is 12.7. The third kappa shape index (κ3) is 3.78. The highest BCUT2D eigenvalue weighted by atomic mass is 32.1. The van der Waals surface area contributed by atoms with Crippen LogP contribution in [0.15, 0.2) is 60.0 Å².